The SMILES string of the molecule is CNC(=O)Cc1ccc2c(C(=O)[C@H](NCCc3ccc(C#N)cc3)c3ccccc3)c[nH]c2c1. The Morgan fingerprint density at radius 1 is 1.00 bits per heavy atom. The standard InChI is InChI=1S/C28H26N4O2/c1-30-26(33)16-21-11-12-23-24(18-32-25(23)15-21)28(34)27(22-5-3-2-4-6-22)31-14-13-19-7-9-20(17-29)10-8-19/h2-12,15,18,27,31-32H,13-14,16H2,1H3,(H,30,33)/t27-/m1/s1. The van der Waals surface area contributed by atoms with Crippen LogP contribution in [0.3, 0.4) is 0 Å². The summed E-state index contributed by atoms with van der Waals surface area (Å²) >= 11 is 0. The van der Waals surface area contributed by atoms with Crippen LogP contribution in [0.2, 0.25) is 0 Å². The van der Waals surface area contributed by atoms with Crippen molar-refractivity contribution in [3.05, 3.63) is 107 Å². The predicted molar refractivity (Wildman–Crippen MR) is 132 cm³/mol. The van der Waals surface area contributed by atoms with Gasteiger partial charge in [-0.3, -0.25) is 9.59 Å². The Hall–Kier alpha value is -4.21. The summed E-state index contributed by atoms with van der Waals surface area (Å²) < 4.78 is 0. The van der Waals surface area contributed by atoms with E-state index in [1.807, 2.05) is 60.7 Å². The molecule has 0 saturated carbocycles. The largest absolute Gasteiger partial charge is 0.360 e. The Kier molecular flexibility index (Phi) is 7.16. The molecule has 0 fully saturated rings. The number of H-pyrrole nitrogens is 1. The second-order valence-corrected chi connectivity index (χ2v) is 8.15. The fourth-order valence-corrected chi connectivity index (χ4v) is 4.03. The molecule has 0 aliphatic carbocycles. The van der Waals surface area contributed by atoms with E-state index in [1.165, 1.54) is 0 Å². The summed E-state index contributed by atoms with van der Waals surface area (Å²) in [5, 5.41) is 15.9. The maximum atomic E-state index is 13.7. The van der Waals surface area contributed by atoms with E-state index >= 15 is 0 Å². The van der Waals surface area contributed by atoms with Gasteiger partial charge in [0.1, 0.15) is 0 Å². The topological polar surface area (TPSA) is 97.8 Å². The van der Waals surface area contributed by atoms with Crippen molar-refractivity contribution in [3.63, 3.8) is 0 Å². The molecule has 1 heterocycles. The Balaban J connectivity index is 1.55. The molecule has 0 aliphatic heterocycles. The zero-order valence-electron chi connectivity index (χ0n) is 19.0. The number of amides is 1. The summed E-state index contributed by atoms with van der Waals surface area (Å²) in [6.07, 6.45) is 2.77. The molecule has 0 aliphatic rings. The van der Waals surface area contributed by atoms with Crippen LogP contribution in [0.15, 0.2) is 79.0 Å². The first-order valence-corrected chi connectivity index (χ1v) is 11.2. The van der Waals surface area contributed by atoms with Crippen LogP contribution in [0.25, 0.3) is 10.9 Å². The van der Waals surface area contributed by atoms with Crippen LogP contribution in [0.5, 0.6) is 0 Å². The Morgan fingerprint density at radius 2 is 1.74 bits per heavy atom. The summed E-state index contributed by atoms with van der Waals surface area (Å²) in [5.41, 5.74) is 4.95. The number of Topliss-reactive ketones (excluding diaryl/α,β-unsaturated/α-hetero) is 1. The molecule has 0 saturated heterocycles. The van der Waals surface area contributed by atoms with E-state index in [2.05, 4.69) is 21.7 Å². The summed E-state index contributed by atoms with van der Waals surface area (Å²) in [6, 6.07) is 24.5. The molecule has 0 radical (unpaired) electrons. The predicted octanol–water partition coefficient (Wildman–Crippen LogP) is 4.08. The van der Waals surface area contributed by atoms with Crippen LogP contribution in [0.1, 0.15) is 38.7 Å². The van der Waals surface area contributed by atoms with Crippen molar-refractivity contribution in [1.82, 2.24) is 15.6 Å². The van der Waals surface area contributed by atoms with Gasteiger partial charge in [-0.1, -0.05) is 54.6 Å². The quantitative estimate of drug-likeness (QED) is 0.335. The molecule has 0 spiro atoms. The molecule has 4 aromatic rings. The van der Waals surface area contributed by atoms with Crippen molar-refractivity contribution in [2.45, 2.75) is 18.9 Å². The fraction of sp³-hybridized carbons (Fsp3) is 0.179. The maximum Gasteiger partial charge on any atom is 0.224 e. The van der Waals surface area contributed by atoms with Gasteiger partial charge in [-0.05, 0) is 41.3 Å². The maximum absolute atomic E-state index is 13.7. The Labute approximate surface area is 198 Å². The number of carbonyl (C=O) groups is 2. The molecule has 1 atom stereocenters. The van der Waals surface area contributed by atoms with Crippen LogP contribution >= 0.6 is 0 Å². The number of aromatic nitrogens is 1. The average Bonchev–Trinajstić information content (AvgIpc) is 3.30. The van der Waals surface area contributed by atoms with Crippen molar-refractivity contribution in [2.75, 3.05) is 13.6 Å². The van der Waals surface area contributed by atoms with Gasteiger partial charge in [0.2, 0.25) is 5.91 Å². The number of hydrogen-bond donors (Lipinski definition) is 3. The molecule has 170 valence electrons. The van der Waals surface area contributed by atoms with E-state index in [0.717, 1.165) is 34.0 Å². The first-order valence-electron chi connectivity index (χ1n) is 11.2. The zero-order chi connectivity index (χ0) is 23.9. The third kappa shape index (κ3) is 5.22. The molecule has 4 rings (SSSR count). The molecule has 6 nitrogen and oxygen atoms in total. The number of nitrogens with zero attached hydrogens (tertiary/aromatic N) is 1. The van der Waals surface area contributed by atoms with Crippen LogP contribution < -0.4 is 10.6 Å². The van der Waals surface area contributed by atoms with E-state index < -0.39 is 6.04 Å². The van der Waals surface area contributed by atoms with Crippen molar-refractivity contribution < 1.29 is 9.59 Å². The van der Waals surface area contributed by atoms with E-state index in [9.17, 15) is 9.59 Å². The number of ketones is 1. The molecule has 0 unspecified atom stereocenters. The minimum Gasteiger partial charge on any atom is -0.360 e. The lowest BCUT2D eigenvalue weighted by molar-refractivity contribution is -0.119. The number of nitriles is 1. The highest BCUT2D eigenvalue weighted by atomic mass is 16.1. The van der Waals surface area contributed by atoms with Gasteiger partial charge < -0.3 is 15.6 Å². The number of likely N-dealkylation sites (N-methyl/N-ethyl adjacent to an activating group) is 1. The van der Waals surface area contributed by atoms with Crippen LogP contribution in [-0.2, 0) is 17.6 Å². The first kappa shape index (κ1) is 23.0. The zero-order valence-corrected chi connectivity index (χ0v) is 19.0. The smallest absolute Gasteiger partial charge is 0.224 e. The molecule has 3 N–H and O–H groups in total. The van der Waals surface area contributed by atoms with Gasteiger partial charge in [0.25, 0.3) is 0 Å². The van der Waals surface area contributed by atoms with Gasteiger partial charge in [-0.25, -0.2) is 0 Å². The summed E-state index contributed by atoms with van der Waals surface area (Å²) in [6.45, 7) is 0.607. The highest BCUT2D eigenvalue weighted by Gasteiger charge is 2.24. The average molecular weight is 451 g/mol. The van der Waals surface area contributed by atoms with Crippen molar-refractivity contribution in [1.29, 1.82) is 5.26 Å². The van der Waals surface area contributed by atoms with Crippen LogP contribution in [0.4, 0.5) is 0 Å². The van der Waals surface area contributed by atoms with Gasteiger partial charge in [0, 0.05) is 36.3 Å². The van der Waals surface area contributed by atoms with Crippen molar-refractivity contribution in [3.8, 4) is 6.07 Å². The number of nitrogens with one attached hydrogen (secondary N) is 3. The molecular weight excluding hydrogens is 424 g/mol. The lowest BCUT2D eigenvalue weighted by atomic mass is 9.96. The number of hydrogen-bond acceptors (Lipinski definition) is 4. The summed E-state index contributed by atoms with van der Waals surface area (Å²) in [7, 11) is 1.62. The first-order chi connectivity index (χ1) is 16.6. The van der Waals surface area contributed by atoms with Gasteiger partial charge in [0.05, 0.1) is 24.1 Å². The van der Waals surface area contributed by atoms with Gasteiger partial charge >= 0.3 is 0 Å². The number of fused-ring (bicyclic) bond motifs is 1. The highest BCUT2D eigenvalue weighted by molar-refractivity contribution is 6.10. The van der Waals surface area contributed by atoms with Crippen LogP contribution in [0, 0.1) is 11.3 Å². The monoisotopic (exact) mass is 450 g/mol. The minimum absolute atomic E-state index is 0.0173. The van der Waals surface area contributed by atoms with E-state index in [0.29, 0.717) is 17.7 Å². The van der Waals surface area contributed by atoms with E-state index in [4.69, 9.17) is 5.26 Å². The van der Waals surface area contributed by atoms with Gasteiger partial charge in [-0.15, -0.1) is 0 Å². The normalized spacial score (nSPS) is 11.6. The Morgan fingerprint density at radius 3 is 2.44 bits per heavy atom. The summed E-state index contributed by atoms with van der Waals surface area (Å²) in [4.78, 5) is 28.6. The number of aromatic amines is 1. The number of rotatable bonds is 9. The van der Waals surface area contributed by atoms with Gasteiger partial charge in [0.15, 0.2) is 5.78 Å². The van der Waals surface area contributed by atoms with Crippen molar-refractivity contribution >= 4 is 22.6 Å². The third-order valence-electron chi connectivity index (χ3n) is 5.90. The third-order valence-corrected chi connectivity index (χ3v) is 5.90. The second kappa shape index (κ2) is 10.6. The molecular formula is C28H26N4O2. The molecule has 6 heteroatoms. The minimum atomic E-state index is -0.496. The number of benzene rings is 3. The lowest BCUT2D eigenvalue weighted by Crippen LogP contribution is -2.30. The van der Waals surface area contributed by atoms with Gasteiger partial charge in [-0.2, -0.15) is 5.26 Å². The lowest BCUT2D eigenvalue weighted by Gasteiger charge is -2.18. The molecule has 0 bridgehead atoms. The number of carbonyl (C=O) groups excluding carboxylic acids is 2. The molecule has 1 amide bonds. The van der Waals surface area contributed by atoms with E-state index in [1.54, 1.807) is 25.4 Å². The molecule has 3 aromatic carbocycles. The van der Waals surface area contributed by atoms with E-state index in [-0.39, 0.29) is 18.1 Å². The highest BCUT2D eigenvalue weighted by Crippen LogP contribution is 2.26. The second-order valence-electron chi connectivity index (χ2n) is 8.15. The Bertz CT molecular complexity index is 1330. The molecule has 1 aromatic heterocycles. The van der Waals surface area contributed by atoms with Crippen molar-refractivity contribution in [2.24, 2.45) is 0 Å². The fourth-order valence-electron chi connectivity index (χ4n) is 4.03. The molecule has 34 heavy (non-hydrogen) atoms. The summed E-state index contributed by atoms with van der Waals surface area (Å²) in [5.74, 6) is -0.0749. The van der Waals surface area contributed by atoms with Crippen LogP contribution in [-0.4, -0.2) is 30.3 Å².